The van der Waals surface area contributed by atoms with Gasteiger partial charge in [0.05, 0.1) is 5.56 Å². The molecule has 1 aliphatic heterocycles. The van der Waals surface area contributed by atoms with Crippen molar-refractivity contribution >= 4 is 39.9 Å². The molecule has 0 amide bonds. The maximum absolute atomic E-state index is 11.0. The number of thioether (sulfide) groups is 1. The molecule has 1 aromatic carbocycles. The van der Waals surface area contributed by atoms with Crippen molar-refractivity contribution < 1.29 is 15.0 Å². The molecule has 9 heteroatoms. The molecular formula is C16H12N4O3S2. The number of hydrogen-bond acceptors (Lipinski definition) is 8. The summed E-state index contributed by atoms with van der Waals surface area (Å²) in [6.07, 6.45) is 0.449. The zero-order chi connectivity index (χ0) is 17.8. The quantitative estimate of drug-likeness (QED) is 0.753. The number of carboxylic acid groups (broad SMARTS) is 1. The molecule has 0 saturated carbocycles. The lowest BCUT2D eigenvalue weighted by atomic mass is 10.1. The largest absolute Gasteiger partial charge is 0.478 e. The van der Waals surface area contributed by atoms with Gasteiger partial charge in [-0.25, -0.2) is 14.8 Å². The first-order valence-corrected chi connectivity index (χ1v) is 8.97. The van der Waals surface area contributed by atoms with Gasteiger partial charge in [-0.05, 0) is 17.7 Å². The number of thiazole rings is 1. The molecule has 0 bridgehead atoms. The first-order valence-electron chi connectivity index (χ1n) is 7.11. The Morgan fingerprint density at radius 2 is 2.32 bits per heavy atom. The molecule has 3 N–H and O–H groups in total. The van der Waals surface area contributed by atoms with Crippen molar-refractivity contribution in [3.05, 3.63) is 57.6 Å². The first kappa shape index (κ1) is 17.2. The molecule has 2 heterocycles. The molecule has 25 heavy (non-hydrogen) atoms. The van der Waals surface area contributed by atoms with Crippen molar-refractivity contribution in [2.45, 2.75) is 12.0 Å². The number of nitriles is 1. The maximum atomic E-state index is 11.0. The Morgan fingerprint density at radius 1 is 1.48 bits per heavy atom. The fourth-order valence-electron chi connectivity index (χ4n) is 2.15. The number of benzene rings is 1. The lowest BCUT2D eigenvalue weighted by molar-refractivity contribution is 0.0696. The minimum Gasteiger partial charge on any atom is -0.478 e. The average molecular weight is 372 g/mol. The second-order valence-corrected chi connectivity index (χ2v) is 6.83. The van der Waals surface area contributed by atoms with Crippen LogP contribution in [-0.4, -0.2) is 32.6 Å². The van der Waals surface area contributed by atoms with Crippen LogP contribution in [0.5, 0.6) is 0 Å². The molecule has 1 aromatic heterocycles. The van der Waals surface area contributed by atoms with Gasteiger partial charge in [0.2, 0.25) is 0 Å². The zero-order valence-electron chi connectivity index (χ0n) is 12.7. The van der Waals surface area contributed by atoms with Gasteiger partial charge in [0, 0.05) is 17.3 Å². The number of aromatic nitrogens is 1. The number of aliphatic hydroxyl groups excluding tert-OH is 1. The summed E-state index contributed by atoms with van der Waals surface area (Å²) >= 11 is 2.64. The fourth-order valence-corrected chi connectivity index (χ4v) is 3.62. The first-order chi connectivity index (χ1) is 12.1. The molecular weight excluding hydrogens is 360 g/mol. The predicted octanol–water partition coefficient (Wildman–Crippen LogP) is 2.29. The highest BCUT2D eigenvalue weighted by molar-refractivity contribution is 8.13. The number of nitrogens with one attached hydrogen (secondary N) is 1. The Hall–Kier alpha value is -2.67. The standard InChI is InChI=1S/C16H12N4O3S2/c17-7-11-12(14-18-4-5-24-14)19-16(20-13(11)21)25-8-9-2-1-3-10(6-9)15(22)23/h1-6,13,21H,8H2,(H,19,20)(H,22,23). The summed E-state index contributed by atoms with van der Waals surface area (Å²) in [5.74, 6) is -0.518. The number of carbonyl (C=O) groups is 1. The van der Waals surface area contributed by atoms with Crippen molar-refractivity contribution in [1.29, 1.82) is 5.26 Å². The molecule has 7 nitrogen and oxygen atoms in total. The van der Waals surface area contributed by atoms with Crippen molar-refractivity contribution in [3.63, 3.8) is 0 Å². The van der Waals surface area contributed by atoms with Crippen molar-refractivity contribution in [2.24, 2.45) is 4.99 Å². The SMILES string of the molecule is N#CC1=C(c2nccs2)N=C(SCc2cccc(C(=O)O)c2)NC1O. The molecule has 1 atom stereocenters. The Kier molecular flexibility index (Phi) is 5.14. The van der Waals surface area contributed by atoms with E-state index < -0.39 is 12.2 Å². The predicted molar refractivity (Wildman–Crippen MR) is 95.9 cm³/mol. The Labute approximate surface area is 151 Å². The van der Waals surface area contributed by atoms with Gasteiger partial charge in [-0.3, -0.25) is 0 Å². The molecule has 126 valence electrons. The minimum atomic E-state index is -1.16. The third kappa shape index (κ3) is 3.88. The third-order valence-corrected chi connectivity index (χ3v) is 5.05. The monoisotopic (exact) mass is 372 g/mol. The van der Waals surface area contributed by atoms with Crippen LogP contribution >= 0.6 is 23.1 Å². The summed E-state index contributed by atoms with van der Waals surface area (Å²) in [5, 5.41) is 34.0. The van der Waals surface area contributed by atoms with Crippen LogP contribution < -0.4 is 5.32 Å². The second kappa shape index (κ2) is 7.48. The number of aliphatic hydroxyl groups is 1. The molecule has 2 aromatic rings. The van der Waals surface area contributed by atoms with Gasteiger partial charge in [0.1, 0.15) is 22.3 Å². The van der Waals surface area contributed by atoms with Crippen LogP contribution in [0.3, 0.4) is 0 Å². The van der Waals surface area contributed by atoms with Crippen LogP contribution in [0.4, 0.5) is 0 Å². The smallest absolute Gasteiger partial charge is 0.335 e. The number of amidine groups is 1. The number of hydrogen-bond donors (Lipinski definition) is 3. The number of rotatable bonds is 4. The van der Waals surface area contributed by atoms with E-state index in [9.17, 15) is 15.2 Å². The van der Waals surface area contributed by atoms with E-state index in [0.717, 1.165) is 5.56 Å². The van der Waals surface area contributed by atoms with Gasteiger partial charge in [0.15, 0.2) is 11.4 Å². The summed E-state index contributed by atoms with van der Waals surface area (Å²) < 4.78 is 0. The van der Waals surface area contributed by atoms with Gasteiger partial charge in [-0.15, -0.1) is 11.3 Å². The number of aromatic carboxylic acids is 1. The van der Waals surface area contributed by atoms with Gasteiger partial charge >= 0.3 is 5.97 Å². The molecule has 1 unspecified atom stereocenters. The van der Waals surface area contributed by atoms with Gasteiger partial charge in [-0.1, -0.05) is 23.9 Å². The fraction of sp³-hybridized carbons (Fsp3) is 0.125. The van der Waals surface area contributed by atoms with E-state index in [-0.39, 0.29) is 11.1 Å². The summed E-state index contributed by atoms with van der Waals surface area (Å²) in [6.45, 7) is 0. The van der Waals surface area contributed by atoms with Crippen molar-refractivity contribution in [1.82, 2.24) is 10.3 Å². The zero-order valence-corrected chi connectivity index (χ0v) is 14.3. The second-order valence-electron chi connectivity index (χ2n) is 4.97. The molecule has 0 saturated heterocycles. The van der Waals surface area contributed by atoms with Crippen LogP contribution in [0.1, 0.15) is 20.9 Å². The van der Waals surface area contributed by atoms with E-state index in [1.165, 1.54) is 29.2 Å². The molecule has 0 spiro atoms. The molecule has 0 radical (unpaired) electrons. The van der Waals surface area contributed by atoms with E-state index in [2.05, 4.69) is 15.3 Å². The maximum Gasteiger partial charge on any atom is 0.335 e. The summed E-state index contributed by atoms with van der Waals surface area (Å²) in [6, 6.07) is 8.57. The Morgan fingerprint density at radius 3 is 3.00 bits per heavy atom. The average Bonchev–Trinajstić information content (AvgIpc) is 3.14. The lowest BCUT2D eigenvalue weighted by Crippen LogP contribution is -2.37. The van der Waals surface area contributed by atoms with Crippen LogP contribution in [0, 0.1) is 11.3 Å². The van der Waals surface area contributed by atoms with E-state index in [1.54, 1.807) is 23.7 Å². The number of aliphatic imine (C=N–C) groups is 1. The highest BCUT2D eigenvalue weighted by Gasteiger charge is 2.25. The van der Waals surface area contributed by atoms with Crippen LogP contribution in [0.15, 0.2) is 46.4 Å². The molecule has 3 rings (SSSR count). The van der Waals surface area contributed by atoms with E-state index >= 15 is 0 Å². The normalized spacial score (nSPS) is 16.8. The third-order valence-electron chi connectivity index (χ3n) is 3.31. The van der Waals surface area contributed by atoms with Crippen molar-refractivity contribution in [3.8, 4) is 6.07 Å². The number of nitrogens with zero attached hydrogens (tertiary/aromatic N) is 3. The topological polar surface area (TPSA) is 119 Å². The summed E-state index contributed by atoms with van der Waals surface area (Å²) in [4.78, 5) is 19.6. The van der Waals surface area contributed by atoms with E-state index in [4.69, 9.17) is 5.11 Å². The lowest BCUT2D eigenvalue weighted by Gasteiger charge is -2.21. The molecule has 0 fully saturated rings. The molecule has 1 aliphatic rings. The number of carboxylic acids is 1. The van der Waals surface area contributed by atoms with E-state index in [0.29, 0.717) is 21.6 Å². The minimum absolute atomic E-state index is 0.118. The molecule has 0 aliphatic carbocycles. The van der Waals surface area contributed by atoms with Gasteiger partial charge in [0.25, 0.3) is 0 Å². The summed E-state index contributed by atoms with van der Waals surface area (Å²) in [7, 11) is 0. The van der Waals surface area contributed by atoms with Gasteiger partial charge < -0.3 is 15.5 Å². The van der Waals surface area contributed by atoms with Crippen LogP contribution in [0.25, 0.3) is 5.70 Å². The Bertz CT molecular complexity index is 900. The highest BCUT2D eigenvalue weighted by atomic mass is 32.2. The van der Waals surface area contributed by atoms with E-state index in [1.807, 2.05) is 12.1 Å². The Balaban J connectivity index is 1.81. The summed E-state index contributed by atoms with van der Waals surface area (Å²) in [5.41, 5.74) is 1.50. The van der Waals surface area contributed by atoms with Crippen molar-refractivity contribution in [2.75, 3.05) is 0 Å². The van der Waals surface area contributed by atoms with Crippen LogP contribution in [-0.2, 0) is 5.75 Å². The van der Waals surface area contributed by atoms with Gasteiger partial charge in [-0.2, -0.15) is 5.26 Å². The highest BCUT2D eigenvalue weighted by Crippen LogP contribution is 2.28. The van der Waals surface area contributed by atoms with Crippen LogP contribution in [0.2, 0.25) is 0 Å².